The van der Waals surface area contributed by atoms with Gasteiger partial charge in [-0.25, -0.2) is 0 Å². The maximum absolute atomic E-state index is 11.9. The maximum atomic E-state index is 11.9. The molecular formula is C14H22N2O3. The average molecular weight is 266 g/mol. The number of imide groups is 1. The number of carbonyl (C=O) groups excluding carboxylic acids is 3. The topological polar surface area (TPSA) is 75.3 Å². The van der Waals surface area contributed by atoms with E-state index in [2.05, 4.69) is 10.6 Å². The zero-order valence-electron chi connectivity index (χ0n) is 11.2. The highest BCUT2D eigenvalue weighted by molar-refractivity contribution is 6.01. The van der Waals surface area contributed by atoms with Crippen molar-refractivity contribution in [1.82, 2.24) is 10.6 Å². The quantitative estimate of drug-likeness (QED) is 0.596. The van der Waals surface area contributed by atoms with Crippen molar-refractivity contribution in [2.24, 2.45) is 5.92 Å². The number of hydrogen-bond donors (Lipinski definition) is 2. The minimum atomic E-state index is -0.532. The zero-order chi connectivity index (χ0) is 13.7. The zero-order valence-corrected chi connectivity index (χ0v) is 11.2. The molecule has 5 heteroatoms. The molecule has 0 aromatic carbocycles. The molecule has 1 unspecified atom stereocenters. The van der Waals surface area contributed by atoms with Crippen molar-refractivity contribution >= 4 is 17.7 Å². The number of nitrogens with one attached hydrogen (secondary N) is 2. The summed E-state index contributed by atoms with van der Waals surface area (Å²) >= 11 is 0. The molecule has 0 radical (unpaired) electrons. The van der Waals surface area contributed by atoms with Gasteiger partial charge in [-0.15, -0.1) is 0 Å². The Balaban J connectivity index is 1.77. The number of rotatable bonds is 3. The maximum Gasteiger partial charge on any atom is 0.249 e. The summed E-state index contributed by atoms with van der Waals surface area (Å²) in [5, 5.41) is 5.01. The van der Waals surface area contributed by atoms with Gasteiger partial charge in [-0.05, 0) is 25.2 Å². The molecule has 1 saturated heterocycles. The Kier molecular flexibility index (Phi) is 4.93. The normalized spacial score (nSPS) is 25.6. The van der Waals surface area contributed by atoms with Crippen LogP contribution in [-0.4, -0.2) is 23.8 Å². The Bertz CT molecular complexity index is 360. The van der Waals surface area contributed by atoms with Gasteiger partial charge >= 0.3 is 0 Å². The minimum Gasteiger partial charge on any atom is -0.344 e. The van der Waals surface area contributed by atoms with Crippen molar-refractivity contribution in [2.45, 2.75) is 63.8 Å². The molecule has 2 fully saturated rings. The number of piperidine rings is 1. The van der Waals surface area contributed by atoms with Crippen LogP contribution in [0.25, 0.3) is 0 Å². The van der Waals surface area contributed by atoms with Gasteiger partial charge in [-0.1, -0.05) is 25.7 Å². The van der Waals surface area contributed by atoms with Gasteiger partial charge < -0.3 is 5.32 Å². The van der Waals surface area contributed by atoms with Gasteiger partial charge in [0.05, 0.1) is 0 Å². The fourth-order valence-electron chi connectivity index (χ4n) is 2.91. The van der Waals surface area contributed by atoms with E-state index >= 15 is 0 Å². The molecule has 1 aliphatic carbocycles. The van der Waals surface area contributed by atoms with Crippen LogP contribution in [0.1, 0.15) is 57.8 Å². The summed E-state index contributed by atoms with van der Waals surface area (Å²) in [4.78, 5) is 34.5. The highest BCUT2D eigenvalue weighted by atomic mass is 16.2. The first-order chi connectivity index (χ1) is 9.15. The standard InChI is InChI=1S/C14H22N2O3/c17-12-8-7-11(14(19)16-12)15-13(18)9-10-5-3-1-2-4-6-10/h10-11H,1-9H2,(H,15,18)(H,16,17,19). The van der Waals surface area contributed by atoms with E-state index in [9.17, 15) is 14.4 Å². The highest BCUT2D eigenvalue weighted by Gasteiger charge is 2.28. The summed E-state index contributed by atoms with van der Waals surface area (Å²) in [6, 6.07) is -0.532. The van der Waals surface area contributed by atoms with Gasteiger partial charge in [0.25, 0.3) is 0 Å². The Morgan fingerprint density at radius 3 is 2.42 bits per heavy atom. The van der Waals surface area contributed by atoms with Gasteiger partial charge in [-0.2, -0.15) is 0 Å². The summed E-state index contributed by atoms with van der Waals surface area (Å²) in [6.45, 7) is 0. The first-order valence-electron chi connectivity index (χ1n) is 7.28. The molecule has 1 atom stereocenters. The monoisotopic (exact) mass is 266 g/mol. The first-order valence-corrected chi connectivity index (χ1v) is 7.28. The summed E-state index contributed by atoms with van der Waals surface area (Å²) in [7, 11) is 0. The number of hydrogen-bond acceptors (Lipinski definition) is 3. The molecule has 2 aliphatic rings. The van der Waals surface area contributed by atoms with Crippen molar-refractivity contribution in [1.29, 1.82) is 0 Å². The van der Waals surface area contributed by atoms with Crippen molar-refractivity contribution in [3.8, 4) is 0 Å². The highest BCUT2D eigenvalue weighted by Crippen LogP contribution is 2.25. The lowest BCUT2D eigenvalue weighted by atomic mass is 9.96. The molecule has 0 spiro atoms. The first kappa shape index (κ1) is 14.0. The predicted octanol–water partition coefficient (Wildman–Crippen LogP) is 1.27. The van der Waals surface area contributed by atoms with E-state index in [1.807, 2.05) is 0 Å². The summed E-state index contributed by atoms with van der Waals surface area (Å²) in [6.07, 6.45) is 8.41. The van der Waals surface area contributed by atoms with Crippen molar-refractivity contribution in [3.05, 3.63) is 0 Å². The van der Waals surface area contributed by atoms with Crippen LogP contribution in [0.2, 0.25) is 0 Å². The Morgan fingerprint density at radius 2 is 1.79 bits per heavy atom. The molecule has 19 heavy (non-hydrogen) atoms. The molecular weight excluding hydrogens is 244 g/mol. The number of carbonyl (C=O) groups is 3. The van der Waals surface area contributed by atoms with Gasteiger partial charge in [0.1, 0.15) is 6.04 Å². The van der Waals surface area contributed by atoms with Crippen LogP contribution in [-0.2, 0) is 14.4 Å². The van der Waals surface area contributed by atoms with E-state index in [1.54, 1.807) is 0 Å². The van der Waals surface area contributed by atoms with Crippen LogP contribution in [0.15, 0.2) is 0 Å². The summed E-state index contributed by atoms with van der Waals surface area (Å²) in [5.41, 5.74) is 0. The van der Waals surface area contributed by atoms with Gasteiger partial charge in [0.15, 0.2) is 0 Å². The third kappa shape index (κ3) is 4.33. The Morgan fingerprint density at radius 1 is 1.11 bits per heavy atom. The van der Waals surface area contributed by atoms with Crippen molar-refractivity contribution < 1.29 is 14.4 Å². The Labute approximate surface area is 113 Å². The third-order valence-corrected chi connectivity index (χ3v) is 4.02. The van der Waals surface area contributed by atoms with E-state index in [0.29, 0.717) is 25.2 Å². The summed E-state index contributed by atoms with van der Waals surface area (Å²) in [5.74, 6) is -0.220. The SMILES string of the molecule is O=C1CCC(NC(=O)CC2CCCCCC2)C(=O)N1. The van der Waals surface area contributed by atoms with Crippen molar-refractivity contribution in [3.63, 3.8) is 0 Å². The minimum absolute atomic E-state index is 0.0543. The van der Waals surface area contributed by atoms with Gasteiger partial charge in [0.2, 0.25) is 17.7 Å². The van der Waals surface area contributed by atoms with Crippen LogP contribution >= 0.6 is 0 Å². The van der Waals surface area contributed by atoms with E-state index in [-0.39, 0.29) is 17.7 Å². The molecule has 0 bridgehead atoms. The molecule has 0 aromatic rings. The molecule has 3 amide bonds. The lowest BCUT2D eigenvalue weighted by molar-refractivity contribution is -0.137. The fraction of sp³-hybridized carbons (Fsp3) is 0.786. The second-order valence-electron chi connectivity index (χ2n) is 5.63. The predicted molar refractivity (Wildman–Crippen MR) is 70.1 cm³/mol. The van der Waals surface area contributed by atoms with Crippen LogP contribution in [0, 0.1) is 5.92 Å². The third-order valence-electron chi connectivity index (χ3n) is 4.02. The van der Waals surface area contributed by atoms with E-state index < -0.39 is 6.04 Å². The molecule has 5 nitrogen and oxygen atoms in total. The molecule has 1 heterocycles. The average Bonchev–Trinajstić information content (AvgIpc) is 2.61. The molecule has 2 N–H and O–H groups in total. The lowest BCUT2D eigenvalue weighted by Gasteiger charge is -2.23. The number of amides is 3. The van der Waals surface area contributed by atoms with Crippen LogP contribution in [0.5, 0.6) is 0 Å². The van der Waals surface area contributed by atoms with E-state index in [1.165, 1.54) is 25.7 Å². The van der Waals surface area contributed by atoms with Crippen molar-refractivity contribution in [2.75, 3.05) is 0 Å². The molecule has 1 saturated carbocycles. The Hall–Kier alpha value is -1.39. The van der Waals surface area contributed by atoms with Crippen LogP contribution < -0.4 is 10.6 Å². The fourth-order valence-corrected chi connectivity index (χ4v) is 2.91. The smallest absolute Gasteiger partial charge is 0.249 e. The molecule has 0 aromatic heterocycles. The van der Waals surface area contributed by atoms with E-state index in [4.69, 9.17) is 0 Å². The lowest BCUT2D eigenvalue weighted by Crippen LogP contribution is -2.52. The molecule has 2 rings (SSSR count). The second kappa shape index (κ2) is 6.68. The van der Waals surface area contributed by atoms with Crippen LogP contribution in [0.4, 0.5) is 0 Å². The summed E-state index contributed by atoms with van der Waals surface area (Å²) < 4.78 is 0. The molecule has 1 aliphatic heterocycles. The van der Waals surface area contributed by atoms with Crippen LogP contribution in [0.3, 0.4) is 0 Å². The van der Waals surface area contributed by atoms with Gasteiger partial charge in [0, 0.05) is 12.8 Å². The van der Waals surface area contributed by atoms with E-state index in [0.717, 1.165) is 12.8 Å². The van der Waals surface area contributed by atoms with Gasteiger partial charge in [-0.3, -0.25) is 19.7 Å². The second-order valence-corrected chi connectivity index (χ2v) is 5.63. The largest absolute Gasteiger partial charge is 0.344 e. The molecule has 106 valence electrons.